The van der Waals surface area contributed by atoms with Crippen LogP contribution in [0.25, 0.3) is 0 Å². The Labute approximate surface area is 102 Å². The van der Waals surface area contributed by atoms with E-state index in [1.54, 1.807) is 0 Å². The Morgan fingerprint density at radius 3 is 2.65 bits per heavy atom. The lowest BCUT2D eigenvalue weighted by molar-refractivity contribution is 0.581. The van der Waals surface area contributed by atoms with Crippen LogP contribution in [0.4, 0.5) is 16.2 Å². The molecule has 0 atom stereocenters. The minimum absolute atomic E-state index is 0.217. The molecule has 0 aliphatic heterocycles. The highest BCUT2D eigenvalue weighted by atomic mass is 19.1. The van der Waals surface area contributed by atoms with Gasteiger partial charge in [-0.2, -0.15) is 4.98 Å². The fraction of sp³-hybridized carbons (Fsp3) is 0.667. The molecule has 1 aromatic rings. The van der Waals surface area contributed by atoms with E-state index in [0.29, 0.717) is 11.8 Å². The SMILES string of the molecule is CCCN(c1nc(NCC)ncc1F)C(C)C. The average Bonchev–Trinajstić information content (AvgIpc) is 2.29. The Morgan fingerprint density at radius 1 is 1.41 bits per heavy atom. The van der Waals surface area contributed by atoms with Gasteiger partial charge >= 0.3 is 0 Å². The third kappa shape index (κ3) is 3.54. The molecule has 0 unspecified atom stereocenters. The summed E-state index contributed by atoms with van der Waals surface area (Å²) in [5.74, 6) is 0.493. The van der Waals surface area contributed by atoms with Gasteiger partial charge in [-0.15, -0.1) is 0 Å². The van der Waals surface area contributed by atoms with E-state index < -0.39 is 0 Å². The molecule has 0 aliphatic rings. The highest BCUT2D eigenvalue weighted by molar-refractivity contribution is 5.44. The zero-order valence-corrected chi connectivity index (χ0v) is 11.0. The maximum atomic E-state index is 13.7. The van der Waals surface area contributed by atoms with Gasteiger partial charge in [0.05, 0.1) is 6.20 Å². The van der Waals surface area contributed by atoms with Crippen molar-refractivity contribution in [1.82, 2.24) is 9.97 Å². The molecule has 1 N–H and O–H groups in total. The molecule has 0 spiro atoms. The van der Waals surface area contributed by atoms with Crippen LogP contribution in [0.15, 0.2) is 6.20 Å². The van der Waals surface area contributed by atoms with Crippen LogP contribution in [-0.2, 0) is 0 Å². The van der Waals surface area contributed by atoms with Crippen molar-refractivity contribution >= 4 is 11.8 Å². The molecule has 0 saturated carbocycles. The van der Waals surface area contributed by atoms with Crippen molar-refractivity contribution in [2.24, 2.45) is 0 Å². The second kappa shape index (κ2) is 6.37. The fourth-order valence-electron chi connectivity index (χ4n) is 1.65. The number of nitrogens with zero attached hydrogens (tertiary/aromatic N) is 3. The van der Waals surface area contributed by atoms with Gasteiger partial charge in [0, 0.05) is 19.1 Å². The van der Waals surface area contributed by atoms with Crippen LogP contribution < -0.4 is 10.2 Å². The normalized spacial score (nSPS) is 10.7. The molecule has 1 aromatic heterocycles. The highest BCUT2D eigenvalue weighted by Gasteiger charge is 2.16. The van der Waals surface area contributed by atoms with Gasteiger partial charge < -0.3 is 10.2 Å². The lowest BCUT2D eigenvalue weighted by Gasteiger charge is -2.27. The summed E-state index contributed by atoms with van der Waals surface area (Å²) < 4.78 is 13.7. The van der Waals surface area contributed by atoms with Gasteiger partial charge in [0.15, 0.2) is 11.6 Å². The first-order chi connectivity index (χ1) is 8.10. The molecule has 0 aliphatic carbocycles. The highest BCUT2D eigenvalue weighted by Crippen LogP contribution is 2.19. The smallest absolute Gasteiger partial charge is 0.224 e. The summed E-state index contributed by atoms with van der Waals surface area (Å²) >= 11 is 0. The fourth-order valence-corrected chi connectivity index (χ4v) is 1.65. The number of hydrogen-bond acceptors (Lipinski definition) is 4. The summed E-state index contributed by atoms with van der Waals surface area (Å²) in [5, 5.41) is 3.00. The maximum absolute atomic E-state index is 13.7. The molecule has 1 rings (SSSR count). The largest absolute Gasteiger partial charge is 0.354 e. The Kier molecular flexibility index (Phi) is 5.12. The van der Waals surface area contributed by atoms with Crippen molar-refractivity contribution in [2.45, 2.75) is 40.2 Å². The van der Waals surface area contributed by atoms with E-state index in [1.165, 1.54) is 6.20 Å². The monoisotopic (exact) mass is 240 g/mol. The number of rotatable bonds is 6. The molecule has 0 radical (unpaired) electrons. The van der Waals surface area contributed by atoms with Crippen molar-refractivity contribution in [1.29, 1.82) is 0 Å². The molecule has 4 nitrogen and oxygen atoms in total. The van der Waals surface area contributed by atoms with Crippen molar-refractivity contribution < 1.29 is 4.39 Å². The average molecular weight is 240 g/mol. The van der Waals surface area contributed by atoms with Crippen LogP contribution in [0, 0.1) is 5.82 Å². The Hall–Kier alpha value is -1.39. The molecule has 0 fully saturated rings. The first-order valence-electron chi connectivity index (χ1n) is 6.13. The van der Waals surface area contributed by atoms with E-state index >= 15 is 0 Å². The number of anilines is 2. The molecule has 96 valence electrons. The van der Waals surface area contributed by atoms with Gasteiger partial charge in [-0.3, -0.25) is 0 Å². The van der Waals surface area contributed by atoms with E-state index in [4.69, 9.17) is 0 Å². The topological polar surface area (TPSA) is 41.1 Å². The molecule has 1 heterocycles. The molecular weight excluding hydrogens is 219 g/mol. The first-order valence-corrected chi connectivity index (χ1v) is 6.13. The summed E-state index contributed by atoms with van der Waals surface area (Å²) in [4.78, 5) is 10.1. The van der Waals surface area contributed by atoms with E-state index in [2.05, 4.69) is 22.2 Å². The zero-order chi connectivity index (χ0) is 12.8. The molecular formula is C12H21FN4. The third-order valence-corrected chi connectivity index (χ3v) is 2.42. The van der Waals surface area contributed by atoms with Crippen LogP contribution >= 0.6 is 0 Å². The van der Waals surface area contributed by atoms with Gasteiger partial charge in [-0.1, -0.05) is 6.92 Å². The molecule has 17 heavy (non-hydrogen) atoms. The minimum Gasteiger partial charge on any atom is -0.354 e. The molecule has 5 heteroatoms. The van der Waals surface area contributed by atoms with Crippen molar-refractivity contribution in [3.63, 3.8) is 0 Å². The molecule has 0 aromatic carbocycles. The van der Waals surface area contributed by atoms with Gasteiger partial charge in [0.2, 0.25) is 5.95 Å². The molecule has 0 saturated heterocycles. The Morgan fingerprint density at radius 2 is 2.12 bits per heavy atom. The van der Waals surface area contributed by atoms with Crippen molar-refractivity contribution in [2.75, 3.05) is 23.3 Å². The van der Waals surface area contributed by atoms with Crippen LogP contribution in [0.5, 0.6) is 0 Å². The lowest BCUT2D eigenvalue weighted by Crippen LogP contribution is -2.33. The number of aromatic nitrogens is 2. The van der Waals surface area contributed by atoms with Crippen LogP contribution in [0.2, 0.25) is 0 Å². The van der Waals surface area contributed by atoms with E-state index in [9.17, 15) is 4.39 Å². The van der Waals surface area contributed by atoms with Crippen LogP contribution in [0.3, 0.4) is 0 Å². The van der Waals surface area contributed by atoms with Gasteiger partial charge in [-0.25, -0.2) is 9.37 Å². The Bertz CT molecular complexity index is 354. The Balaban J connectivity index is 3.03. The molecule has 0 amide bonds. The third-order valence-electron chi connectivity index (χ3n) is 2.42. The van der Waals surface area contributed by atoms with Gasteiger partial charge in [0.25, 0.3) is 0 Å². The second-order valence-electron chi connectivity index (χ2n) is 4.18. The molecule has 0 bridgehead atoms. The summed E-state index contributed by atoms with van der Waals surface area (Å²) in [6, 6.07) is 0.217. The minimum atomic E-state index is -0.367. The van der Waals surface area contributed by atoms with Crippen molar-refractivity contribution in [3.8, 4) is 0 Å². The standard InChI is InChI=1S/C12H21FN4/c1-5-7-17(9(3)4)11-10(13)8-15-12(16-11)14-6-2/h8-9H,5-7H2,1-4H3,(H,14,15,16). The van der Waals surface area contributed by atoms with Crippen molar-refractivity contribution in [3.05, 3.63) is 12.0 Å². The van der Waals surface area contributed by atoms with Gasteiger partial charge in [0.1, 0.15) is 0 Å². The first kappa shape index (κ1) is 13.7. The summed E-state index contributed by atoms with van der Waals surface area (Å²) in [6.07, 6.45) is 2.18. The number of nitrogens with one attached hydrogen (secondary N) is 1. The summed E-state index contributed by atoms with van der Waals surface area (Å²) in [6.45, 7) is 9.60. The predicted molar refractivity (Wildman–Crippen MR) is 68.9 cm³/mol. The number of hydrogen-bond donors (Lipinski definition) is 1. The zero-order valence-electron chi connectivity index (χ0n) is 11.0. The van der Waals surface area contributed by atoms with Gasteiger partial charge in [-0.05, 0) is 27.2 Å². The van der Waals surface area contributed by atoms with E-state index in [-0.39, 0.29) is 11.9 Å². The quantitative estimate of drug-likeness (QED) is 0.830. The number of halogens is 1. The van der Waals surface area contributed by atoms with E-state index in [0.717, 1.165) is 19.5 Å². The van der Waals surface area contributed by atoms with Crippen LogP contribution in [0.1, 0.15) is 34.1 Å². The van der Waals surface area contributed by atoms with Crippen LogP contribution in [-0.4, -0.2) is 29.1 Å². The summed E-state index contributed by atoms with van der Waals surface area (Å²) in [5.41, 5.74) is 0. The van der Waals surface area contributed by atoms with E-state index in [1.807, 2.05) is 25.7 Å². The summed E-state index contributed by atoms with van der Waals surface area (Å²) in [7, 11) is 0. The second-order valence-corrected chi connectivity index (χ2v) is 4.18. The predicted octanol–water partition coefficient (Wildman–Crippen LogP) is 2.67. The lowest BCUT2D eigenvalue weighted by atomic mass is 10.3. The maximum Gasteiger partial charge on any atom is 0.224 e.